The van der Waals surface area contributed by atoms with Gasteiger partial charge in [0.05, 0.1) is 20.1 Å². The number of hydrogen-bond acceptors (Lipinski definition) is 5. The van der Waals surface area contributed by atoms with Gasteiger partial charge in [-0.3, -0.25) is 9.69 Å². The van der Waals surface area contributed by atoms with Crippen molar-refractivity contribution in [2.24, 2.45) is 0 Å². The number of methoxy groups -OCH3 is 1. The van der Waals surface area contributed by atoms with Crippen molar-refractivity contribution in [1.29, 1.82) is 0 Å². The quantitative estimate of drug-likeness (QED) is 0.719. The second-order valence-electron chi connectivity index (χ2n) is 4.84. The maximum absolute atomic E-state index is 11.2. The molecule has 1 aliphatic rings. The zero-order valence-electron chi connectivity index (χ0n) is 11.8. The fraction of sp³-hybridized carbons (Fsp3) is 0.769. The molecule has 0 atom stereocenters. The molecule has 2 heterocycles. The number of aryl methyl sites for hydroxylation is 1. The minimum Gasteiger partial charge on any atom is -0.469 e. The summed E-state index contributed by atoms with van der Waals surface area (Å²) in [5.74, 6) is 1.95. The van der Waals surface area contributed by atoms with Crippen LogP contribution in [0.2, 0.25) is 0 Å². The summed E-state index contributed by atoms with van der Waals surface area (Å²) in [5.41, 5.74) is 0. The van der Waals surface area contributed by atoms with Crippen LogP contribution in [0.3, 0.4) is 0 Å². The van der Waals surface area contributed by atoms with Gasteiger partial charge in [0.25, 0.3) is 0 Å². The Kier molecular flexibility index (Phi) is 4.90. The van der Waals surface area contributed by atoms with Gasteiger partial charge in [-0.15, -0.1) is 10.2 Å². The molecule has 1 aliphatic heterocycles. The second-order valence-corrected chi connectivity index (χ2v) is 4.84. The Morgan fingerprint density at radius 1 is 1.42 bits per heavy atom. The molecule has 0 spiro atoms. The highest BCUT2D eigenvalue weighted by atomic mass is 16.5. The fourth-order valence-electron chi connectivity index (χ4n) is 2.39. The maximum Gasteiger partial charge on any atom is 0.306 e. The largest absolute Gasteiger partial charge is 0.469 e. The molecular formula is C13H22N4O2. The van der Waals surface area contributed by atoms with Gasteiger partial charge in [0.15, 0.2) is 0 Å². The Morgan fingerprint density at radius 3 is 3.00 bits per heavy atom. The Hall–Kier alpha value is -1.43. The SMILES string of the molecule is CCN(CCC(=O)OC)Cc1nnc2n1CCCC2. The number of aromatic nitrogens is 3. The summed E-state index contributed by atoms with van der Waals surface area (Å²) >= 11 is 0. The average molecular weight is 266 g/mol. The smallest absolute Gasteiger partial charge is 0.306 e. The van der Waals surface area contributed by atoms with Crippen LogP contribution in [0.15, 0.2) is 0 Å². The zero-order valence-corrected chi connectivity index (χ0v) is 11.8. The number of nitrogens with zero attached hydrogens (tertiary/aromatic N) is 4. The van der Waals surface area contributed by atoms with Gasteiger partial charge in [-0.1, -0.05) is 6.92 Å². The third-order valence-electron chi connectivity index (χ3n) is 3.61. The lowest BCUT2D eigenvalue weighted by Crippen LogP contribution is -2.28. The average Bonchev–Trinajstić information content (AvgIpc) is 2.86. The van der Waals surface area contributed by atoms with Gasteiger partial charge in [0.2, 0.25) is 0 Å². The first-order valence-electron chi connectivity index (χ1n) is 6.94. The van der Waals surface area contributed by atoms with Crippen LogP contribution in [-0.2, 0) is 29.0 Å². The van der Waals surface area contributed by atoms with E-state index in [0.29, 0.717) is 13.0 Å². The Labute approximate surface area is 113 Å². The summed E-state index contributed by atoms with van der Waals surface area (Å²) in [4.78, 5) is 13.4. The van der Waals surface area contributed by atoms with E-state index in [1.165, 1.54) is 20.0 Å². The highest BCUT2D eigenvalue weighted by Crippen LogP contribution is 2.15. The molecule has 0 fully saturated rings. The van der Waals surface area contributed by atoms with E-state index in [0.717, 1.165) is 37.7 Å². The van der Waals surface area contributed by atoms with Crippen molar-refractivity contribution in [1.82, 2.24) is 19.7 Å². The minimum absolute atomic E-state index is 0.165. The topological polar surface area (TPSA) is 60.3 Å². The van der Waals surface area contributed by atoms with E-state index < -0.39 is 0 Å². The van der Waals surface area contributed by atoms with Gasteiger partial charge in [-0.05, 0) is 19.4 Å². The molecule has 0 saturated carbocycles. The van der Waals surface area contributed by atoms with Crippen LogP contribution in [0.1, 0.15) is 37.8 Å². The van der Waals surface area contributed by atoms with Crippen LogP contribution < -0.4 is 0 Å². The van der Waals surface area contributed by atoms with Crippen LogP contribution in [0.5, 0.6) is 0 Å². The van der Waals surface area contributed by atoms with E-state index in [4.69, 9.17) is 0 Å². The van der Waals surface area contributed by atoms with Crippen molar-refractivity contribution in [3.63, 3.8) is 0 Å². The van der Waals surface area contributed by atoms with Crippen molar-refractivity contribution in [3.8, 4) is 0 Å². The summed E-state index contributed by atoms with van der Waals surface area (Å²) in [5, 5.41) is 8.54. The molecule has 0 N–H and O–H groups in total. The van der Waals surface area contributed by atoms with Crippen LogP contribution in [0, 0.1) is 0 Å². The van der Waals surface area contributed by atoms with Crippen molar-refractivity contribution in [2.75, 3.05) is 20.2 Å². The van der Waals surface area contributed by atoms with Gasteiger partial charge >= 0.3 is 5.97 Å². The number of fused-ring (bicyclic) bond motifs is 1. The van der Waals surface area contributed by atoms with Crippen molar-refractivity contribution in [3.05, 3.63) is 11.6 Å². The molecule has 0 saturated heterocycles. The van der Waals surface area contributed by atoms with Crippen molar-refractivity contribution < 1.29 is 9.53 Å². The Balaban J connectivity index is 1.94. The molecule has 0 unspecified atom stereocenters. The number of hydrogen-bond donors (Lipinski definition) is 0. The lowest BCUT2D eigenvalue weighted by molar-refractivity contribution is -0.141. The molecule has 6 heteroatoms. The van der Waals surface area contributed by atoms with E-state index in [2.05, 4.69) is 31.3 Å². The van der Waals surface area contributed by atoms with E-state index >= 15 is 0 Å². The monoisotopic (exact) mass is 266 g/mol. The summed E-state index contributed by atoms with van der Waals surface area (Å²) in [6.45, 7) is 5.45. The first-order chi connectivity index (χ1) is 9.24. The van der Waals surface area contributed by atoms with Crippen molar-refractivity contribution >= 4 is 5.97 Å². The highest BCUT2D eigenvalue weighted by Gasteiger charge is 2.17. The Bertz CT molecular complexity index is 430. The molecule has 0 bridgehead atoms. The molecule has 2 rings (SSSR count). The third kappa shape index (κ3) is 3.53. The van der Waals surface area contributed by atoms with Gasteiger partial charge < -0.3 is 9.30 Å². The summed E-state index contributed by atoms with van der Waals surface area (Å²) in [7, 11) is 1.42. The molecule has 0 amide bonds. The van der Waals surface area contributed by atoms with E-state index in [-0.39, 0.29) is 5.97 Å². The van der Waals surface area contributed by atoms with E-state index in [1.807, 2.05) is 0 Å². The zero-order chi connectivity index (χ0) is 13.7. The van der Waals surface area contributed by atoms with Gasteiger partial charge in [-0.25, -0.2) is 0 Å². The molecule has 0 aromatic carbocycles. The normalized spacial score (nSPS) is 14.5. The van der Waals surface area contributed by atoms with E-state index in [9.17, 15) is 4.79 Å². The van der Waals surface area contributed by atoms with E-state index in [1.54, 1.807) is 0 Å². The number of carbonyl (C=O) groups is 1. The number of carbonyl (C=O) groups excluding carboxylic acids is 1. The van der Waals surface area contributed by atoms with Crippen LogP contribution in [0.4, 0.5) is 0 Å². The third-order valence-corrected chi connectivity index (χ3v) is 3.61. The molecule has 106 valence electrons. The summed E-state index contributed by atoms with van der Waals surface area (Å²) < 4.78 is 6.90. The van der Waals surface area contributed by atoms with Gasteiger partial charge in [0.1, 0.15) is 11.6 Å². The predicted octanol–water partition coefficient (Wildman–Crippen LogP) is 0.999. The second kappa shape index (κ2) is 6.65. The molecule has 1 aromatic rings. The maximum atomic E-state index is 11.2. The summed E-state index contributed by atoms with van der Waals surface area (Å²) in [6.07, 6.45) is 3.86. The lowest BCUT2D eigenvalue weighted by atomic mass is 10.1. The molecule has 6 nitrogen and oxygen atoms in total. The fourth-order valence-corrected chi connectivity index (χ4v) is 2.39. The number of ether oxygens (including phenoxy) is 1. The minimum atomic E-state index is -0.165. The first-order valence-corrected chi connectivity index (χ1v) is 6.94. The standard InChI is InChI=1S/C13H22N4O2/c1-3-16(9-7-13(18)19-2)10-12-15-14-11-6-4-5-8-17(11)12/h3-10H2,1-2H3. The van der Waals surface area contributed by atoms with Crippen LogP contribution in [0.25, 0.3) is 0 Å². The lowest BCUT2D eigenvalue weighted by Gasteiger charge is -2.21. The van der Waals surface area contributed by atoms with Crippen molar-refractivity contribution in [2.45, 2.75) is 45.7 Å². The Morgan fingerprint density at radius 2 is 2.26 bits per heavy atom. The molecular weight excluding hydrogens is 244 g/mol. The predicted molar refractivity (Wildman–Crippen MR) is 70.5 cm³/mol. The molecule has 19 heavy (non-hydrogen) atoms. The van der Waals surface area contributed by atoms with Gasteiger partial charge in [-0.2, -0.15) is 0 Å². The number of rotatable bonds is 6. The van der Waals surface area contributed by atoms with Gasteiger partial charge in [0, 0.05) is 19.5 Å². The molecule has 1 aromatic heterocycles. The molecule has 0 radical (unpaired) electrons. The molecule has 0 aliphatic carbocycles. The highest BCUT2D eigenvalue weighted by molar-refractivity contribution is 5.69. The van der Waals surface area contributed by atoms with Crippen LogP contribution in [-0.4, -0.2) is 45.8 Å². The van der Waals surface area contributed by atoms with Crippen LogP contribution >= 0.6 is 0 Å². The first kappa shape index (κ1) is 14.0. The summed E-state index contributed by atoms with van der Waals surface area (Å²) in [6, 6.07) is 0. The number of esters is 1.